The number of carbonyl (C=O) groups excluding carboxylic acids is 1. The van der Waals surface area contributed by atoms with E-state index in [9.17, 15) is 9.59 Å². The van der Waals surface area contributed by atoms with E-state index in [0.29, 0.717) is 4.88 Å². The number of aliphatic carboxylic acids is 1. The Labute approximate surface area is 96.5 Å². The second kappa shape index (κ2) is 4.81. The molecule has 0 amide bonds. The summed E-state index contributed by atoms with van der Waals surface area (Å²) in [5, 5.41) is 10.7. The van der Waals surface area contributed by atoms with E-state index in [-0.39, 0.29) is 11.5 Å². The number of ketones is 1. The number of hydrogen-bond donors (Lipinski definition) is 1. The maximum Gasteiger partial charge on any atom is 0.319 e. The average molecular weight is 244 g/mol. The van der Waals surface area contributed by atoms with Crippen molar-refractivity contribution in [2.24, 2.45) is 0 Å². The van der Waals surface area contributed by atoms with Gasteiger partial charge in [0.05, 0.1) is 10.6 Å². The van der Waals surface area contributed by atoms with Gasteiger partial charge in [-0.2, -0.15) is 0 Å². The molecule has 0 spiro atoms. The average Bonchev–Trinajstić information content (AvgIpc) is 2.66. The summed E-state index contributed by atoms with van der Waals surface area (Å²) in [6, 6.07) is 3.56. The molecule has 5 heteroatoms. The molecule has 1 rings (SSSR count). The van der Waals surface area contributed by atoms with Crippen LogP contribution in [-0.4, -0.2) is 27.4 Å². The van der Waals surface area contributed by atoms with E-state index in [2.05, 4.69) is 0 Å². The molecule has 1 N–H and O–H groups in total. The van der Waals surface area contributed by atoms with Gasteiger partial charge in [-0.1, -0.05) is 6.07 Å². The van der Waals surface area contributed by atoms with E-state index < -0.39 is 10.7 Å². The van der Waals surface area contributed by atoms with Crippen LogP contribution < -0.4 is 0 Å². The van der Waals surface area contributed by atoms with Crippen molar-refractivity contribution < 1.29 is 14.7 Å². The zero-order valence-corrected chi connectivity index (χ0v) is 10.2. The molecule has 82 valence electrons. The molecule has 1 aromatic heterocycles. The molecule has 1 heterocycles. The van der Waals surface area contributed by atoms with Gasteiger partial charge in [-0.05, 0) is 25.3 Å². The first kappa shape index (κ1) is 12.3. The lowest BCUT2D eigenvalue weighted by molar-refractivity contribution is -0.138. The lowest BCUT2D eigenvalue weighted by atomic mass is 10.2. The van der Waals surface area contributed by atoms with Gasteiger partial charge >= 0.3 is 5.97 Å². The summed E-state index contributed by atoms with van der Waals surface area (Å²) in [4.78, 5) is 23.0. The van der Waals surface area contributed by atoms with Crippen molar-refractivity contribution in [1.82, 2.24) is 0 Å². The van der Waals surface area contributed by atoms with E-state index in [1.807, 2.05) is 11.4 Å². The molecular weight excluding hydrogens is 232 g/mol. The van der Waals surface area contributed by atoms with Crippen molar-refractivity contribution in [2.75, 3.05) is 5.75 Å². The van der Waals surface area contributed by atoms with Crippen LogP contribution >= 0.6 is 23.1 Å². The molecule has 0 atom stereocenters. The molecule has 15 heavy (non-hydrogen) atoms. The summed E-state index contributed by atoms with van der Waals surface area (Å²) in [5.41, 5.74) is 0. The third-order valence-electron chi connectivity index (χ3n) is 1.88. The minimum absolute atomic E-state index is 0.00988. The number of carboxylic acid groups (broad SMARTS) is 1. The highest BCUT2D eigenvalue weighted by atomic mass is 32.2. The Hall–Kier alpha value is -0.810. The number of hydrogen-bond acceptors (Lipinski definition) is 4. The zero-order valence-electron chi connectivity index (χ0n) is 8.52. The maximum absolute atomic E-state index is 11.6. The van der Waals surface area contributed by atoms with Gasteiger partial charge in [0.25, 0.3) is 0 Å². The number of thiophene rings is 1. The van der Waals surface area contributed by atoms with Gasteiger partial charge in [0.15, 0.2) is 5.78 Å². The van der Waals surface area contributed by atoms with Crippen molar-refractivity contribution >= 4 is 34.9 Å². The van der Waals surface area contributed by atoms with Crippen molar-refractivity contribution in [3.63, 3.8) is 0 Å². The predicted octanol–water partition coefficient (Wildman–Crippen LogP) is 2.53. The van der Waals surface area contributed by atoms with Crippen molar-refractivity contribution in [3.05, 3.63) is 22.4 Å². The maximum atomic E-state index is 11.6. The first-order valence-corrected chi connectivity index (χ1v) is 6.24. The topological polar surface area (TPSA) is 54.4 Å². The highest BCUT2D eigenvalue weighted by molar-refractivity contribution is 8.02. The molecule has 0 fully saturated rings. The lowest BCUT2D eigenvalue weighted by Crippen LogP contribution is -2.28. The fourth-order valence-corrected chi connectivity index (χ4v) is 2.34. The zero-order chi connectivity index (χ0) is 11.5. The van der Waals surface area contributed by atoms with Gasteiger partial charge in [-0.3, -0.25) is 9.59 Å². The van der Waals surface area contributed by atoms with Crippen molar-refractivity contribution in [3.8, 4) is 0 Å². The van der Waals surface area contributed by atoms with E-state index in [1.165, 1.54) is 11.3 Å². The second-order valence-electron chi connectivity index (χ2n) is 3.50. The molecule has 0 saturated heterocycles. The van der Waals surface area contributed by atoms with Crippen LogP contribution in [0, 0.1) is 0 Å². The Morgan fingerprint density at radius 3 is 2.67 bits per heavy atom. The summed E-state index contributed by atoms with van der Waals surface area (Å²) in [6.07, 6.45) is 0. The Bertz CT molecular complexity index is 355. The van der Waals surface area contributed by atoms with Crippen LogP contribution in [0.15, 0.2) is 17.5 Å². The minimum atomic E-state index is -0.910. The SMILES string of the molecule is CC(C)(SCC(=O)c1cccs1)C(=O)O. The second-order valence-corrected chi connectivity index (χ2v) is 6.05. The summed E-state index contributed by atoms with van der Waals surface area (Å²) in [5.74, 6) is -0.699. The normalized spacial score (nSPS) is 11.3. The first-order chi connectivity index (χ1) is 6.93. The quantitative estimate of drug-likeness (QED) is 0.809. The molecular formula is C10H12O3S2. The smallest absolute Gasteiger partial charge is 0.319 e. The molecule has 0 aliphatic rings. The third kappa shape index (κ3) is 3.35. The summed E-state index contributed by atoms with van der Waals surface area (Å²) < 4.78 is -0.910. The van der Waals surface area contributed by atoms with Crippen LogP contribution in [0.3, 0.4) is 0 Å². The van der Waals surface area contributed by atoms with Gasteiger partial charge in [0, 0.05) is 0 Å². The van der Waals surface area contributed by atoms with Crippen LogP contribution in [0.2, 0.25) is 0 Å². The van der Waals surface area contributed by atoms with Crippen molar-refractivity contribution in [2.45, 2.75) is 18.6 Å². The predicted molar refractivity (Wildman–Crippen MR) is 62.8 cm³/mol. The summed E-state index contributed by atoms with van der Waals surface area (Å²) in [7, 11) is 0. The molecule has 0 unspecified atom stereocenters. The number of rotatable bonds is 5. The molecule has 0 radical (unpaired) electrons. The summed E-state index contributed by atoms with van der Waals surface area (Å²) in [6.45, 7) is 3.20. The summed E-state index contributed by atoms with van der Waals surface area (Å²) >= 11 is 2.53. The lowest BCUT2D eigenvalue weighted by Gasteiger charge is -2.17. The Morgan fingerprint density at radius 2 is 2.20 bits per heavy atom. The molecule has 3 nitrogen and oxygen atoms in total. The van der Waals surface area contributed by atoms with Crippen LogP contribution in [0.1, 0.15) is 23.5 Å². The Kier molecular flexibility index (Phi) is 3.93. The van der Waals surface area contributed by atoms with E-state index >= 15 is 0 Å². The monoisotopic (exact) mass is 244 g/mol. The third-order valence-corrected chi connectivity index (χ3v) is 4.09. The van der Waals surface area contributed by atoms with Gasteiger partial charge in [0.1, 0.15) is 4.75 Å². The Morgan fingerprint density at radius 1 is 1.53 bits per heavy atom. The molecule has 0 saturated carbocycles. The van der Waals surface area contributed by atoms with E-state index in [4.69, 9.17) is 5.11 Å². The standard InChI is InChI=1S/C10H12O3S2/c1-10(2,9(12)13)15-6-7(11)8-4-3-5-14-8/h3-5H,6H2,1-2H3,(H,12,13). The van der Waals surface area contributed by atoms with Crippen LogP contribution in [0.5, 0.6) is 0 Å². The van der Waals surface area contributed by atoms with Crippen molar-refractivity contribution in [1.29, 1.82) is 0 Å². The van der Waals surface area contributed by atoms with Crippen LogP contribution in [0.4, 0.5) is 0 Å². The van der Waals surface area contributed by atoms with Gasteiger partial charge in [-0.25, -0.2) is 0 Å². The van der Waals surface area contributed by atoms with Crippen LogP contribution in [0.25, 0.3) is 0 Å². The van der Waals surface area contributed by atoms with Gasteiger partial charge in [0.2, 0.25) is 0 Å². The highest BCUT2D eigenvalue weighted by Gasteiger charge is 2.28. The molecule has 0 aliphatic heterocycles. The van der Waals surface area contributed by atoms with Crippen LogP contribution in [-0.2, 0) is 4.79 Å². The first-order valence-electron chi connectivity index (χ1n) is 4.37. The molecule has 0 bridgehead atoms. The fraction of sp³-hybridized carbons (Fsp3) is 0.400. The Balaban J connectivity index is 2.51. The van der Waals surface area contributed by atoms with Gasteiger partial charge < -0.3 is 5.11 Å². The highest BCUT2D eigenvalue weighted by Crippen LogP contribution is 2.25. The number of carbonyl (C=O) groups is 2. The fourth-order valence-electron chi connectivity index (χ4n) is 0.816. The number of Topliss-reactive ketones (excluding diaryl/α,β-unsaturated/α-hetero) is 1. The molecule has 0 aromatic carbocycles. The van der Waals surface area contributed by atoms with E-state index in [0.717, 1.165) is 11.8 Å². The largest absolute Gasteiger partial charge is 0.480 e. The van der Waals surface area contributed by atoms with E-state index in [1.54, 1.807) is 19.9 Å². The molecule has 0 aliphatic carbocycles. The van der Waals surface area contributed by atoms with Gasteiger partial charge in [-0.15, -0.1) is 23.1 Å². The number of carboxylic acids is 1. The number of thioether (sulfide) groups is 1. The minimum Gasteiger partial charge on any atom is -0.480 e. The molecule has 1 aromatic rings.